The summed E-state index contributed by atoms with van der Waals surface area (Å²) >= 11 is 1.61. The lowest BCUT2D eigenvalue weighted by Crippen LogP contribution is -2.17. The topological polar surface area (TPSA) is 29.5 Å². The van der Waals surface area contributed by atoms with Gasteiger partial charge in [-0.2, -0.15) is 0 Å². The monoisotopic (exact) mass is 316 g/mol. The quantitative estimate of drug-likeness (QED) is 0.897. The van der Waals surface area contributed by atoms with E-state index < -0.39 is 12.5 Å². The summed E-state index contributed by atoms with van der Waals surface area (Å²) < 4.78 is 40.0. The molecule has 0 radical (unpaired) electrons. The van der Waals surface area contributed by atoms with Crippen molar-refractivity contribution < 1.29 is 23.0 Å². The Bertz CT molecular complexity index is 602. The third kappa shape index (κ3) is 4.47. The molecule has 0 bridgehead atoms. The number of hydrogen-bond donors (Lipinski definition) is 1. The molecule has 114 valence electrons. The molecule has 0 aliphatic carbocycles. The molecule has 1 heterocycles. The van der Waals surface area contributed by atoms with Crippen LogP contribution in [0.25, 0.3) is 0 Å². The average molecular weight is 316 g/mol. The van der Waals surface area contributed by atoms with E-state index >= 15 is 0 Å². The van der Waals surface area contributed by atoms with Gasteiger partial charge in [0.05, 0.1) is 6.10 Å². The van der Waals surface area contributed by atoms with Crippen LogP contribution in [0.15, 0.2) is 30.3 Å². The first kappa shape index (κ1) is 15.9. The molecule has 6 heteroatoms. The number of aryl methyl sites for hydroxylation is 2. The van der Waals surface area contributed by atoms with E-state index in [9.17, 15) is 18.3 Å². The molecule has 1 aromatic heterocycles. The van der Waals surface area contributed by atoms with Crippen molar-refractivity contribution in [2.75, 3.05) is 0 Å². The number of alkyl halides is 3. The Kier molecular flexibility index (Phi) is 4.58. The molecule has 0 fully saturated rings. The highest BCUT2D eigenvalue weighted by Crippen LogP contribution is 2.29. The largest absolute Gasteiger partial charge is 0.573 e. The number of halogens is 3. The van der Waals surface area contributed by atoms with Crippen LogP contribution in [-0.4, -0.2) is 11.5 Å². The molecule has 0 aliphatic rings. The van der Waals surface area contributed by atoms with Crippen LogP contribution in [0.1, 0.15) is 27.0 Å². The summed E-state index contributed by atoms with van der Waals surface area (Å²) in [5.74, 6) is -0.261. The number of aliphatic hydroxyl groups excluding tert-OH is 1. The van der Waals surface area contributed by atoms with E-state index in [0.29, 0.717) is 6.42 Å². The Morgan fingerprint density at radius 3 is 2.29 bits per heavy atom. The lowest BCUT2D eigenvalue weighted by molar-refractivity contribution is -0.274. The number of benzene rings is 1. The molecule has 2 nitrogen and oxygen atoms in total. The Labute approximate surface area is 124 Å². The average Bonchev–Trinajstić information content (AvgIpc) is 2.69. The maximum atomic E-state index is 12.1. The number of hydrogen-bond acceptors (Lipinski definition) is 3. The van der Waals surface area contributed by atoms with E-state index in [1.807, 2.05) is 19.9 Å². The van der Waals surface area contributed by atoms with Crippen LogP contribution < -0.4 is 4.74 Å². The number of thiophene rings is 1. The smallest absolute Gasteiger partial charge is 0.406 e. The van der Waals surface area contributed by atoms with Crippen molar-refractivity contribution in [3.8, 4) is 5.75 Å². The van der Waals surface area contributed by atoms with Crippen molar-refractivity contribution in [2.24, 2.45) is 0 Å². The van der Waals surface area contributed by atoms with Gasteiger partial charge in [-0.05, 0) is 43.2 Å². The maximum Gasteiger partial charge on any atom is 0.573 e. The summed E-state index contributed by atoms with van der Waals surface area (Å²) in [6.07, 6.45) is -5.00. The summed E-state index contributed by atoms with van der Waals surface area (Å²) in [5, 5.41) is 10.2. The summed E-state index contributed by atoms with van der Waals surface area (Å²) in [5.41, 5.74) is 1.62. The minimum Gasteiger partial charge on any atom is -0.406 e. The van der Waals surface area contributed by atoms with Gasteiger partial charge in [0.1, 0.15) is 5.75 Å². The molecule has 2 aromatic rings. The van der Waals surface area contributed by atoms with Crippen molar-refractivity contribution in [1.29, 1.82) is 0 Å². The Morgan fingerprint density at radius 1 is 1.19 bits per heavy atom. The predicted molar refractivity (Wildman–Crippen MR) is 75.6 cm³/mol. The van der Waals surface area contributed by atoms with Crippen molar-refractivity contribution >= 4 is 11.3 Å². The zero-order valence-electron chi connectivity index (χ0n) is 11.6. The first-order valence-electron chi connectivity index (χ1n) is 6.34. The van der Waals surface area contributed by atoms with Gasteiger partial charge in [0.2, 0.25) is 0 Å². The lowest BCUT2D eigenvalue weighted by atomic mass is 10.0. The summed E-state index contributed by atoms with van der Waals surface area (Å²) in [6.45, 7) is 3.91. The fraction of sp³-hybridized carbons (Fsp3) is 0.333. The highest BCUT2D eigenvalue weighted by Gasteiger charge is 2.30. The highest BCUT2D eigenvalue weighted by molar-refractivity contribution is 7.12. The van der Waals surface area contributed by atoms with Crippen molar-refractivity contribution in [2.45, 2.75) is 32.7 Å². The van der Waals surface area contributed by atoms with Crippen LogP contribution in [0.2, 0.25) is 0 Å². The van der Waals surface area contributed by atoms with Gasteiger partial charge in [-0.3, -0.25) is 0 Å². The van der Waals surface area contributed by atoms with Gasteiger partial charge in [0.25, 0.3) is 0 Å². The van der Waals surface area contributed by atoms with Gasteiger partial charge in [0, 0.05) is 16.2 Å². The minimum absolute atomic E-state index is 0.261. The number of aliphatic hydroxyl groups is 1. The van der Waals surface area contributed by atoms with Gasteiger partial charge in [-0.15, -0.1) is 24.5 Å². The van der Waals surface area contributed by atoms with Crippen LogP contribution in [0, 0.1) is 13.8 Å². The van der Waals surface area contributed by atoms with Crippen LogP contribution in [0.5, 0.6) is 5.75 Å². The molecular formula is C15H15F3O2S. The summed E-state index contributed by atoms with van der Waals surface area (Å²) in [6, 6.07) is 7.49. The maximum absolute atomic E-state index is 12.1. The van der Waals surface area contributed by atoms with Crippen LogP contribution in [0.4, 0.5) is 13.2 Å². The molecule has 21 heavy (non-hydrogen) atoms. The fourth-order valence-corrected chi connectivity index (χ4v) is 3.12. The number of rotatable bonds is 4. The van der Waals surface area contributed by atoms with Crippen LogP contribution >= 0.6 is 11.3 Å². The van der Waals surface area contributed by atoms with Crippen LogP contribution in [-0.2, 0) is 6.42 Å². The molecule has 0 spiro atoms. The zero-order valence-corrected chi connectivity index (χ0v) is 12.4. The molecule has 1 atom stereocenters. The molecule has 1 unspecified atom stereocenters. The lowest BCUT2D eigenvalue weighted by Gasteiger charge is -2.12. The Balaban J connectivity index is 2.05. The Morgan fingerprint density at radius 2 is 1.81 bits per heavy atom. The second-order valence-electron chi connectivity index (χ2n) is 4.78. The summed E-state index contributed by atoms with van der Waals surface area (Å²) in [7, 11) is 0. The van der Waals surface area contributed by atoms with E-state index in [-0.39, 0.29) is 5.75 Å². The van der Waals surface area contributed by atoms with E-state index in [1.54, 1.807) is 11.3 Å². The normalized spacial score (nSPS) is 13.2. The first-order valence-corrected chi connectivity index (χ1v) is 7.16. The third-order valence-electron chi connectivity index (χ3n) is 3.02. The summed E-state index contributed by atoms with van der Waals surface area (Å²) in [4.78, 5) is 2.17. The highest BCUT2D eigenvalue weighted by atomic mass is 32.1. The third-order valence-corrected chi connectivity index (χ3v) is 4.01. The second-order valence-corrected chi connectivity index (χ2v) is 6.24. The molecule has 1 aromatic carbocycles. The van der Waals surface area contributed by atoms with E-state index in [0.717, 1.165) is 20.9 Å². The molecule has 0 amide bonds. The van der Waals surface area contributed by atoms with E-state index in [4.69, 9.17) is 0 Å². The molecule has 0 saturated heterocycles. The van der Waals surface area contributed by atoms with E-state index in [1.165, 1.54) is 24.3 Å². The van der Waals surface area contributed by atoms with Crippen molar-refractivity contribution in [3.05, 3.63) is 51.2 Å². The second kappa shape index (κ2) is 6.07. The molecular weight excluding hydrogens is 301 g/mol. The Hall–Kier alpha value is -1.53. The SMILES string of the molecule is Cc1cc(C(O)Cc2ccc(OC(F)(F)F)cc2)c(C)s1. The van der Waals surface area contributed by atoms with Gasteiger partial charge in [0.15, 0.2) is 0 Å². The van der Waals surface area contributed by atoms with Gasteiger partial charge >= 0.3 is 6.36 Å². The van der Waals surface area contributed by atoms with Gasteiger partial charge in [-0.1, -0.05) is 12.1 Å². The molecule has 0 saturated carbocycles. The predicted octanol–water partition coefficient (Wildman–Crippen LogP) is 4.54. The standard InChI is InChI=1S/C15H15F3O2S/c1-9-7-13(10(2)21-9)14(19)8-11-3-5-12(6-4-11)20-15(16,17)18/h3-7,14,19H,8H2,1-2H3. The molecule has 2 rings (SSSR count). The van der Waals surface area contributed by atoms with Crippen molar-refractivity contribution in [1.82, 2.24) is 0 Å². The van der Waals surface area contributed by atoms with Crippen molar-refractivity contribution in [3.63, 3.8) is 0 Å². The first-order chi connectivity index (χ1) is 9.74. The zero-order chi connectivity index (χ0) is 15.6. The van der Waals surface area contributed by atoms with Gasteiger partial charge < -0.3 is 9.84 Å². The van der Waals surface area contributed by atoms with Crippen LogP contribution in [0.3, 0.4) is 0 Å². The van der Waals surface area contributed by atoms with Gasteiger partial charge in [-0.25, -0.2) is 0 Å². The minimum atomic E-state index is -4.69. The number of ether oxygens (including phenoxy) is 1. The molecule has 1 N–H and O–H groups in total. The fourth-order valence-electron chi connectivity index (χ4n) is 2.14. The van der Waals surface area contributed by atoms with E-state index in [2.05, 4.69) is 4.74 Å². The molecule has 0 aliphatic heterocycles.